The maximum Gasteiger partial charge on any atom is 0.417 e. The minimum atomic E-state index is -4.79. The van der Waals surface area contributed by atoms with E-state index in [1.54, 1.807) is 13.0 Å². The van der Waals surface area contributed by atoms with E-state index in [2.05, 4.69) is 5.32 Å². The van der Waals surface area contributed by atoms with Crippen molar-refractivity contribution in [2.75, 3.05) is 37.3 Å². The third-order valence-electron chi connectivity index (χ3n) is 6.90. The minimum absolute atomic E-state index is 0.0418. The first-order valence-electron chi connectivity index (χ1n) is 12.6. The molecular formula is C29H27F5N2O6. The highest BCUT2D eigenvalue weighted by atomic mass is 19.4. The Hall–Kier alpha value is -4.07. The van der Waals surface area contributed by atoms with Gasteiger partial charge in [0.1, 0.15) is 5.75 Å². The Morgan fingerprint density at radius 1 is 1.07 bits per heavy atom. The molecule has 0 radical (unpaired) electrons. The topological polar surface area (TPSA) is 108 Å². The summed E-state index contributed by atoms with van der Waals surface area (Å²) < 4.78 is 80.9. The van der Waals surface area contributed by atoms with Crippen LogP contribution in [-0.2, 0) is 16.5 Å². The molecule has 0 saturated carbocycles. The number of hydrogen-bond donors (Lipinski definition) is 3. The van der Waals surface area contributed by atoms with Gasteiger partial charge < -0.3 is 29.9 Å². The number of fused-ring (bicyclic) bond motifs is 1. The average Bonchev–Trinajstić information content (AvgIpc) is 3.03. The molecule has 224 valence electrons. The third kappa shape index (κ3) is 5.80. The Kier molecular flexibility index (Phi) is 8.58. The predicted molar refractivity (Wildman–Crippen MR) is 142 cm³/mol. The number of hydrogen-bond acceptors (Lipinski definition) is 6. The van der Waals surface area contributed by atoms with Gasteiger partial charge in [0, 0.05) is 31.2 Å². The monoisotopic (exact) mass is 594 g/mol. The van der Waals surface area contributed by atoms with E-state index in [4.69, 9.17) is 9.47 Å². The Morgan fingerprint density at radius 2 is 1.79 bits per heavy atom. The van der Waals surface area contributed by atoms with Crippen molar-refractivity contribution in [3.63, 3.8) is 0 Å². The van der Waals surface area contributed by atoms with Crippen molar-refractivity contribution in [2.24, 2.45) is 0 Å². The van der Waals surface area contributed by atoms with E-state index in [0.29, 0.717) is 5.56 Å². The fourth-order valence-electron chi connectivity index (χ4n) is 4.68. The van der Waals surface area contributed by atoms with Crippen LogP contribution >= 0.6 is 0 Å². The lowest BCUT2D eigenvalue weighted by Gasteiger charge is -2.33. The molecule has 3 aromatic carbocycles. The van der Waals surface area contributed by atoms with Crippen LogP contribution < -0.4 is 15.0 Å². The van der Waals surface area contributed by atoms with Gasteiger partial charge in [0.25, 0.3) is 17.7 Å². The van der Waals surface area contributed by atoms with E-state index < -0.39 is 60.2 Å². The van der Waals surface area contributed by atoms with Crippen LogP contribution in [0.4, 0.5) is 33.3 Å². The molecule has 3 N–H and O–H groups in total. The molecule has 1 heterocycles. The lowest BCUT2D eigenvalue weighted by Crippen LogP contribution is -2.48. The molecule has 0 saturated heterocycles. The Bertz CT molecular complexity index is 1500. The summed E-state index contributed by atoms with van der Waals surface area (Å²) in [5, 5.41) is 23.0. The van der Waals surface area contributed by atoms with Gasteiger partial charge in [0.05, 0.1) is 29.1 Å². The van der Waals surface area contributed by atoms with Crippen molar-refractivity contribution >= 4 is 23.2 Å². The van der Waals surface area contributed by atoms with Crippen LogP contribution in [-0.4, -0.2) is 55.0 Å². The molecule has 0 aromatic heterocycles. The molecule has 2 amide bonds. The van der Waals surface area contributed by atoms with Gasteiger partial charge in [-0.15, -0.1) is 0 Å². The number of methoxy groups -OCH3 is 1. The van der Waals surface area contributed by atoms with Crippen molar-refractivity contribution in [3.8, 4) is 5.75 Å². The number of aryl methyl sites for hydroxylation is 1. The van der Waals surface area contributed by atoms with E-state index in [1.165, 1.54) is 43.5 Å². The van der Waals surface area contributed by atoms with Crippen LogP contribution in [0.5, 0.6) is 5.75 Å². The number of aliphatic hydroxyl groups is 2. The number of halogens is 5. The van der Waals surface area contributed by atoms with Gasteiger partial charge in [-0.2, -0.15) is 13.2 Å². The summed E-state index contributed by atoms with van der Waals surface area (Å²) in [6.07, 6.45) is -5.76. The number of aliphatic hydroxyl groups excluding tert-OH is 1. The minimum Gasteiger partial charge on any atom is -0.465 e. The number of anilines is 2. The molecule has 1 aliphatic heterocycles. The Morgan fingerprint density at radius 3 is 2.45 bits per heavy atom. The summed E-state index contributed by atoms with van der Waals surface area (Å²) in [5.41, 5.74) is -4.77. The largest absolute Gasteiger partial charge is 0.465 e. The third-order valence-corrected chi connectivity index (χ3v) is 6.90. The second-order valence-electron chi connectivity index (χ2n) is 9.71. The maximum absolute atomic E-state index is 15.1. The summed E-state index contributed by atoms with van der Waals surface area (Å²) >= 11 is 0. The number of nitrogens with one attached hydrogen (secondary N) is 1. The summed E-state index contributed by atoms with van der Waals surface area (Å²) in [6, 6.07) is 12.1. The van der Waals surface area contributed by atoms with Crippen molar-refractivity contribution in [2.45, 2.75) is 31.0 Å². The van der Waals surface area contributed by atoms with Crippen LogP contribution in [0.2, 0.25) is 0 Å². The first-order chi connectivity index (χ1) is 19.7. The van der Waals surface area contributed by atoms with E-state index in [0.717, 1.165) is 23.1 Å². The summed E-state index contributed by atoms with van der Waals surface area (Å²) in [6.45, 7) is -0.571. The smallest absolute Gasteiger partial charge is 0.417 e. The number of alkyl halides is 5. The van der Waals surface area contributed by atoms with E-state index in [-0.39, 0.29) is 35.0 Å². The molecule has 13 heteroatoms. The molecule has 4 rings (SSSR count). The predicted octanol–water partition coefficient (Wildman–Crippen LogP) is 5.11. The number of benzene rings is 3. The van der Waals surface area contributed by atoms with Gasteiger partial charge in [0.2, 0.25) is 0 Å². The number of carbonyl (C=O) groups excluding carboxylic acids is 2. The quantitative estimate of drug-likeness (QED) is 0.259. The fourth-order valence-corrected chi connectivity index (χ4v) is 4.68. The highest BCUT2D eigenvalue weighted by Gasteiger charge is 2.56. The summed E-state index contributed by atoms with van der Waals surface area (Å²) in [4.78, 5) is 27.6. The first-order valence-corrected chi connectivity index (χ1v) is 12.6. The second kappa shape index (κ2) is 11.7. The molecule has 0 aliphatic carbocycles. The normalized spacial score (nSPS) is 18.2. The standard InChI is InChI=1S/C29H27F5N2O6/c1-17-7-10-23-21(13-17)27(40,15-37)28(30,31)11-12-36(23)26(39)18-8-9-22(24(14-18)42-16-41-2)35-25(38)19-5-3-4-6-20(19)29(32,33)34/h3-10,13-14,37,40H,11-12,15-16H2,1-2H3,(H,35,38)/t27-/m0/s1. The number of nitrogens with zero attached hydrogens (tertiary/aromatic N) is 1. The lowest BCUT2D eigenvalue weighted by molar-refractivity contribution is -0.205. The van der Waals surface area contributed by atoms with Gasteiger partial charge in [-0.1, -0.05) is 29.8 Å². The number of amides is 2. The van der Waals surface area contributed by atoms with E-state index in [9.17, 15) is 33.0 Å². The zero-order chi connectivity index (χ0) is 30.9. The van der Waals surface area contributed by atoms with E-state index in [1.807, 2.05) is 0 Å². The van der Waals surface area contributed by atoms with Crippen LogP contribution in [0.1, 0.15) is 43.8 Å². The summed E-state index contributed by atoms with van der Waals surface area (Å²) in [5.74, 6) is -5.80. The first kappa shape index (κ1) is 30.9. The van der Waals surface area contributed by atoms with Crippen LogP contribution in [0.15, 0.2) is 60.7 Å². The molecule has 3 aromatic rings. The van der Waals surface area contributed by atoms with Crippen molar-refractivity contribution in [3.05, 3.63) is 88.5 Å². The zero-order valence-electron chi connectivity index (χ0n) is 22.5. The van der Waals surface area contributed by atoms with Crippen LogP contribution in [0, 0.1) is 6.92 Å². The van der Waals surface area contributed by atoms with Gasteiger partial charge in [-0.05, 0) is 43.3 Å². The zero-order valence-corrected chi connectivity index (χ0v) is 22.5. The van der Waals surface area contributed by atoms with Gasteiger partial charge in [0.15, 0.2) is 12.4 Å². The van der Waals surface area contributed by atoms with Crippen molar-refractivity contribution in [1.82, 2.24) is 0 Å². The van der Waals surface area contributed by atoms with Crippen molar-refractivity contribution < 1.29 is 51.2 Å². The van der Waals surface area contributed by atoms with Crippen LogP contribution in [0.3, 0.4) is 0 Å². The average molecular weight is 595 g/mol. The molecule has 1 aliphatic rings. The highest BCUT2D eigenvalue weighted by Crippen LogP contribution is 2.47. The van der Waals surface area contributed by atoms with Crippen molar-refractivity contribution in [1.29, 1.82) is 0 Å². The Balaban J connectivity index is 1.72. The molecule has 0 fully saturated rings. The number of ether oxygens (including phenoxy) is 2. The molecule has 0 spiro atoms. The molecule has 42 heavy (non-hydrogen) atoms. The summed E-state index contributed by atoms with van der Waals surface area (Å²) in [7, 11) is 1.30. The second-order valence-corrected chi connectivity index (χ2v) is 9.71. The molecular weight excluding hydrogens is 567 g/mol. The van der Waals surface area contributed by atoms with E-state index >= 15 is 8.78 Å². The maximum atomic E-state index is 15.1. The Labute approximate surface area is 237 Å². The number of carbonyl (C=O) groups is 2. The van der Waals surface area contributed by atoms with Gasteiger partial charge in [-0.3, -0.25) is 9.59 Å². The number of rotatable bonds is 7. The molecule has 1 atom stereocenters. The van der Waals surface area contributed by atoms with Gasteiger partial charge >= 0.3 is 6.18 Å². The molecule has 0 bridgehead atoms. The SMILES string of the molecule is COCOc1cc(C(=O)N2CCC(F)(F)[C@](O)(CO)c3cc(C)ccc32)ccc1NC(=O)c1ccccc1C(F)(F)F. The lowest BCUT2D eigenvalue weighted by atomic mass is 9.85. The molecule has 8 nitrogen and oxygen atoms in total. The molecule has 0 unspecified atom stereocenters. The fraction of sp³-hybridized carbons (Fsp3) is 0.310. The highest BCUT2D eigenvalue weighted by molar-refractivity contribution is 6.09. The van der Waals surface area contributed by atoms with Crippen LogP contribution in [0.25, 0.3) is 0 Å². The van der Waals surface area contributed by atoms with Gasteiger partial charge in [-0.25, -0.2) is 8.78 Å².